The fraction of sp³-hybridized carbons (Fsp3) is 0.350. The van der Waals surface area contributed by atoms with Crippen LogP contribution in [0.4, 0.5) is 17.5 Å². The molecule has 0 amide bonds. The summed E-state index contributed by atoms with van der Waals surface area (Å²) in [4.78, 5) is 11.9. The molecule has 1 aliphatic heterocycles. The van der Waals surface area contributed by atoms with Gasteiger partial charge in [-0.2, -0.15) is 0 Å². The molecule has 0 atom stereocenters. The summed E-state index contributed by atoms with van der Waals surface area (Å²) in [5.41, 5.74) is 0.999. The topological polar surface area (TPSA) is 67.1 Å². The van der Waals surface area contributed by atoms with Crippen molar-refractivity contribution >= 4 is 17.5 Å². The third-order valence-corrected chi connectivity index (χ3v) is 4.74. The van der Waals surface area contributed by atoms with Crippen molar-refractivity contribution in [2.45, 2.75) is 26.7 Å². The van der Waals surface area contributed by atoms with Gasteiger partial charge in [-0.15, -0.1) is 0 Å². The van der Waals surface area contributed by atoms with E-state index in [0.29, 0.717) is 11.6 Å². The lowest BCUT2D eigenvalue weighted by atomic mass is 9.99. The molecule has 1 fully saturated rings. The third-order valence-electron chi connectivity index (χ3n) is 4.74. The number of rotatable bonds is 4. The first-order valence-electron chi connectivity index (χ1n) is 9.07. The van der Waals surface area contributed by atoms with Crippen LogP contribution in [0, 0.1) is 12.8 Å². The summed E-state index contributed by atoms with van der Waals surface area (Å²) in [6, 6.07) is 13.9. The molecule has 3 heterocycles. The minimum atomic E-state index is 0.651. The second kappa shape index (κ2) is 7.15. The van der Waals surface area contributed by atoms with Crippen molar-refractivity contribution in [2.24, 2.45) is 5.92 Å². The second-order valence-electron chi connectivity index (χ2n) is 6.92. The van der Waals surface area contributed by atoms with Gasteiger partial charge in [-0.05, 0) is 25.7 Å². The van der Waals surface area contributed by atoms with E-state index in [0.717, 1.165) is 42.0 Å². The normalized spacial score (nSPS) is 15.2. The quantitative estimate of drug-likeness (QED) is 0.752. The van der Waals surface area contributed by atoms with E-state index < -0.39 is 0 Å². The summed E-state index contributed by atoms with van der Waals surface area (Å²) >= 11 is 0. The Labute approximate surface area is 153 Å². The van der Waals surface area contributed by atoms with Crippen molar-refractivity contribution < 1.29 is 4.52 Å². The molecule has 2 aromatic heterocycles. The minimum absolute atomic E-state index is 0.651. The molecular weight excluding hydrogens is 326 g/mol. The highest BCUT2D eigenvalue weighted by Gasteiger charge is 2.19. The van der Waals surface area contributed by atoms with Gasteiger partial charge in [0.2, 0.25) is 0 Å². The Morgan fingerprint density at radius 2 is 1.81 bits per heavy atom. The van der Waals surface area contributed by atoms with Gasteiger partial charge in [-0.1, -0.05) is 42.4 Å². The maximum Gasteiger partial charge on any atom is 0.175 e. The number of nitrogens with zero attached hydrogens (tertiary/aromatic N) is 4. The van der Waals surface area contributed by atoms with Gasteiger partial charge in [0.1, 0.15) is 17.4 Å². The Balaban J connectivity index is 1.69. The SMILES string of the molecule is Cc1cc(Nc2cc(N3CCC(C)CC3)nc(-c3ccccc3)n2)no1. The first-order valence-corrected chi connectivity index (χ1v) is 9.07. The zero-order valence-electron chi connectivity index (χ0n) is 15.1. The summed E-state index contributed by atoms with van der Waals surface area (Å²) in [5.74, 6) is 4.57. The van der Waals surface area contributed by atoms with Gasteiger partial charge in [0.05, 0.1) is 0 Å². The van der Waals surface area contributed by atoms with Crippen LogP contribution >= 0.6 is 0 Å². The van der Waals surface area contributed by atoms with Crippen molar-refractivity contribution in [2.75, 3.05) is 23.3 Å². The molecule has 4 rings (SSSR count). The first kappa shape index (κ1) is 16.6. The monoisotopic (exact) mass is 349 g/mol. The predicted octanol–water partition coefficient (Wildman–Crippen LogP) is 4.42. The van der Waals surface area contributed by atoms with Crippen LogP contribution in [0.1, 0.15) is 25.5 Å². The average molecular weight is 349 g/mol. The van der Waals surface area contributed by atoms with Crippen LogP contribution in [0.5, 0.6) is 0 Å². The smallest absolute Gasteiger partial charge is 0.175 e. The molecule has 3 aromatic rings. The Morgan fingerprint density at radius 1 is 1.04 bits per heavy atom. The molecular formula is C20H23N5O. The van der Waals surface area contributed by atoms with Crippen LogP contribution in [0.2, 0.25) is 0 Å². The maximum absolute atomic E-state index is 5.14. The molecule has 134 valence electrons. The molecule has 1 N–H and O–H groups in total. The van der Waals surface area contributed by atoms with E-state index in [9.17, 15) is 0 Å². The number of anilines is 3. The molecule has 0 unspecified atom stereocenters. The summed E-state index contributed by atoms with van der Waals surface area (Å²) in [6.07, 6.45) is 2.38. The molecule has 1 saturated heterocycles. The van der Waals surface area contributed by atoms with Crippen LogP contribution in [0.25, 0.3) is 11.4 Å². The summed E-state index contributed by atoms with van der Waals surface area (Å²) in [6.45, 7) is 6.23. The lowest BCUT2D eigenvalue weighted by Gasteiger charge is -2.31. The molecule has 0 radical (unpaired) electrons. The highest BCUT2D eigenvalue weighted by atomic mass is 16.5. The fourth-order valence-electron chi connectivity index (χ4n) is 3.17. The standard InChI is InChI=1S/C20H23N5O/c1-14-8-10-25(11-9-14)19-13-17(21-18-12-15(2)26-24-18)22-20(23-19)16-6-4-3-5-7-16/h3-7,12-14H,8-11H2,1-2H3,(H,21,22,23,24). The van der Waals surface area contributed by atoms with Crippen LogP contribution in [-0.4, -0.2) is 28.2 Å². The molecule has 0 bridgehead atoms. The lowest BCUT2D eigenvalue weighted by molar-refractivity contribution is 0.400. The number of piperidine rings is 1. The van der Waals surface area contributed by atoms with Crippen molar-refractivity contribution in [3.63, 3.8) is 0 Å². The summed E-state index contributed by atoms with van der Waals surface area (Å²) in [5, 5.41) is 7.25. The number of aryl methyl sites for hydroxylation is 1. The van der Waals surface area contributed by atoms with Crippen molar-refractivity contribution in [3.05, 3.63) is 48.2 Å². The van der Waals surface area contributed by atoms with Crippen LogP contribution < -0.4 is 10.2 Å². The maximum atomic E-state index is 5.14. The average Bonchev–Trinajstić information content (AvgIpc) is 3.07. The Hall–Kier alpha value is -2.89. The number of nitrogens with one attached hydrogen (secondary N) is 1. The minimum Gasteiger partial charge on any atom is -0.360 e. The molecule has 1 aromatic carbocycles. The first-order chi connectivity index (χ1) is 12.7. The van der Waals surface area contributed by atoms with Gasteiger partial charge in [0.15, 0.2) is 11.6 Å². The molecule has 0 saturated carbocycles. The Bertz CT molecular complexity index is 869. The Kier molecular flexibility index (Phi) is 4.56. The molecule has 1 aliphatic rings. The van der Waals surface area contributed by atoms with Gasteiger partial charge in [-0.25, -0.2) is 9.97 Å². The van der Waals surface area contributed by atoms with E-state index in [-0.39, 0.29) is 0 Å². The van der Waals surface area contributed by atoms with E-state index in [2.05, 4.69) is 27.3 Å². The fourth-order valence-corrected chi connectivity index (χ4v) is 3.17. The third kappa shape index (κ3) is 3.69. The highest BCUT2D eigenvalue weighted by molar-refractivity contribution is 5.64. The van der Waals surface area contributed by atoms with Crippen molar-refractivity contribution in [1.82, 2.24) is 15.1 Å². The van der Waals surface area contributed by atoms with Crippen molar-refractivity contribution in [3.8, 4) is 11.4 Å². The van der Waals surface area contributed by atoms with Crippen LogP contribution in [0.3, 0.4) is 0 Å². The van der Waals surface area contributed by atoms with Crippen LogP contribution in [-0.2, 0) is 0 Å². The molecule has 0 spiro atoms. The zero-order valence-corrected chi connectivity index (χ0v) is 15.1. The van der Waals surface area contributed by atoms with E-state index >= 15 is 0 Å². The number of hydrogen-bond donors (Lipinski definition) is 1. The molecule has 26 heavy (non-hydrogen) atoms. The van der Waals surface area contributed by atoms with Gasteiger partial charge >= 0.3 is 0 Å². The summed E-state index contributed by atoms with van der Waals surface area (Å²) in [7, 11) is 0. The highest BCUT2D eigenvalue weighted by Crippen LogP contribution is 2.27. The Morgan fingerprint density at radius 3 is 2.50 bits per heavy atom. The zero-order chi connectivity index (χ0) is 17.9. The van der Waals surface area contributed by atoms with E-state index in [1.165, 1.54) is 12.8 Å². The largest absolute Gasteiger partial charge is 0.360 e. The number of aromatic nitrogens is 3. The number of hydrogen-bond acceptors (Lipinski definition) is 6. The van der Waals surface area contributed by atoms with Gasteiger partial charge in [0.25, 0.3) is 0 Å². The second-order valence-corrected chi connectivity index (χ2v) is 6.92. The lowest BCUT2D eigenvalue weighted by Crippen LogP contribution is -2.33. The molecule has 0 aliphatic carbocycles. The van der Waals surface area contributed by atoms with E-state index in [4.69, 9.17) is 9.51 Å². The number of benzene rings is 1. The van der Waals surface area contributed by atoms with Gasteiger partial charge in [0, 0.05) is 30.8 Å². The summed E-state index contributed by atoms with van der Waals surface area (Å²) < 4.78 is 5.14. The van der Waals surface area contributed by atoms with E-state index in [1.54, 1.807) is 0 Å². The molecule has 6 nitrogen and oxygen atoms in total. The van der Waals surface area contributed by atoms with E-state index in [1.807, 2.05) is 49.4 Å². The van der Waals surface area contributed by atoms with Gasteiger partial charge < -0.3 is 14.7 Å². The predicted molar refractivity (Wildman–Crippen MR) is 103 cm³/mol. The van der Waals surface area contributed by atoms with Gasteiger partial charge in [-0.3, -0.25) is 0 Å². The van der Waals surface area contributed by atoms with Crippen molar-refractivity contribution in [1.29, 1.82) is 0 Å². The van der Waals surface area contributed by atoms with Crippen LogP contribution in [0.15, 0.2) is 47.0 Å². The molecule has 6 heteroatoms.